The molecule has 0 amide bonds. The summed E-state index contributed by atoms with van der Waals surface area (Å²) in [6, 6.07) is 22.4. The Bertz CT molecular complexity index is 1440. The van der Waals surface area contributed by atoms with E-state index in [4.69, 9.17) is 14.2 Å². The third-order valence-electron chi connectivity index (χ3n) is 5.83. The predicted molar refractivity (Wildman–Crippen MR) is 129 cm³/mol. The monoisotopic (exact) mass is 489 g/mol. The predicted octanol–water partition coefficient (Wildman–Crippen LogP) is 7.24. The van der Waals surface area contributed by atoms with Crippen molar-refractivity contribution in [2.75, 3.05) is 0 Å². The maximum Gasteiger partial charge on any atom is 0.416 e. The average molecular weight is 489 g/mol. The van der Waals surface area contributed by atoms with E-state index in [-0.39, 0.29) is 6.61 Å². The molecule has 0 saturated heterocycles. The Morgan fingerprint density at radius 2 is 1.67 bits per heavy atom. The maximum absolute atomic E-state index is 13.1. The number of hydrogen-bond donors (Lipinski definition) is 0. The quantitative estimate of drug-likeness (QED) is 0.242. The van der Waals surface area contributed by atoms with E-state index in [1.165, 1.54) is 18.4 Å². The van der Waals surface area contributed by atoms with Crippen LogP contribution in [0.3, 0.4) is 0 Å². The highest BCUT2D eigenvalue weighted by molar-refractivity contribution is 5.70. The molecule has 0 aliphatic heterocycles. The molecule has 5 nitrogen and oxygen atoms in total. The number of rotatable bonds is 7. The molecule has 0 aliphatic carbocycles. The van der Waals surface area contributed by atoms with Gasteiger partial charge in [0, 0.05) is 29.1 Å². The summed E-state index contributed by atoms with van der Waals surface area (Å²) in [7, 11) is 0. The second kappa shape index (κ2) is 9.83. The van der Waals surface area contributed by atoms with Crippen molar-refractivity contribution in [1.29, 1.82) is 0 Å². The van der Waals surface area contributed by atoms with Crippen molar-refractivity contribution in [3.63, 3.8) is 0 Å². The van der Waals surface area contributed by atoms with Gasteiger partial charge in [0.1, 0.15) is 24.4 Å². The van der Waals surface area contributed by atoms with E-state index in [1.54, 1.807) is 10.6 Å². The van der Waals surface area contributed by atoms with Gasteiger partial charge < -0.3 is 13.8 Å². The van der Waals surface area contributed by atoms with E-state index in [0.717, 1.165) is 40.1 Å². The number of alkyl halides is 3. The van der Waals surface area contributed by atoms with E-state index in [1.807, 2.05) is 61.7 Å². The minimum atomic E-state index is -4.40. The smallest absolute Gasteiger partial charge is 0.369 e. The van der Waals surface area contributed by atoms with Crippen LogP contribution in [0.25, 0.3) is 28.2 Å². The first kappa shape index (κ1) is 23.6. The highest BCUT2D eigenvalue weighted by Crippen LogP contribution is 2.31. The molecule has 182 valence electrons. The third-order valence-corrected chi connectivity index (χ3v) is 5.83. The van der Waals surface area contributed by atoms with Crippen LogP contribution in [-0.4, -0.2) is 14.7 Å². The van der Waals surface area contributed by atoms with Gasteiger partial charge in [0.15, 0.2) is 0 Å². The molecule has 3 aromatic carbocycles. The van der Waals surface area contributed by atoms with Crippen LogP contribution in [0.4, 0.5) is 13.2 Å². The van der Waals surface area contributed by atoms with E-state index in [0.29, 0.717) is 23.8 Å². The fourth-order valence-corrected chi connectivity index (χ4v) is 3.99. The van der Waals surface area contributed by atoms with Gasteiger partial charge in [-0.2, -0.15) is 13.2 Å². The normalized spacial score (nSPS) is 11.7. The van der Waals surface area contributed by atoms with Crippen molar-refractivity contribution in [1.82, 2.24) is 14.7 Å². The zero-order valence-electron chi connectivity index (χ0n) is 19.4. The Kier molecular flexibility index (Phi) is 6.43. The van der Waals surface area contributed by atoms with Crippen LogP contribution in [0, 0.1) is 6.92 Å². The third kappa shape index (κ3) is 5.08. The Labute approximate surface area is 205 Å². The summed E-state index contributed by atoms with van der Waals surface area (Å²) >= 11 is 0. The lowest BCUT2D eigenvalue weighted by molar-refractivity contribution is -0.137. The molecular formula is C28H22F3N3O2. The minimum Gasteiger partial charge on any atom is -0.369 e. The zero-order valence-corrected chi connectivity index (χ0v) is 19.4. The first-order valence-electron chi connectivity index (χ1n) is 11.3. The molecule has 0 bridgehead atoms. The molecule has 0 atom stereocenters. The number of imidazole rings is 1. The highest BCUT2D eigenvalue weighted by Gasteiger charge is 2.30. The van der Waals surface area contributed by atoms with Crippen molar-refractivity contribution >= 4 is 0 Å². The van der Waals surface area contributed by atoms with Crippen LogP contribution in [0.15, 0.2) is 95.8 Å². The van der Waals surface area contributed by atoms with E-state index in [2.05, 4.69) is 5.16 Å². The molecule has 2 aromatic heterocycles. The Balaban J connectivity index is 1.47. The molecule has 0 aliphatic rings. The van der Waals surface area contributed by atoms with Gasteiger partial charge in [0.25, 0.3) is 0 Å². The highest BCUT2D eigenvalue weighted by atomic mass is 19.4. The maximum atomic E-state index is 13.1. The molecule has 5 aromatic rings. The van der Waals surface area contributed by atoms with Crippen LogP contribution >= 0.6 is 0 Å². The van der Waals surface area contributed by atoms with Gasteiger partial charge in [-0.15, -0.1) is 0 Å². The summed E-state index contributed by atoms with van der Waals surface area (Å²) < 4.78 is 51.9. The largest absolute Gasteiger partial charge is 0.416 e. The Hall–Kier alpha value is -4.17. The minimum absolute atomic E-state index is 0.186. The summed E-state index contributed by atoms with van der Waals surface area (Å²) in [5.74, 6) is 0.584. The number of nitrogens with zero attached hydrogens (tertiary/aromatic N) is 3. The number of halogens is 3. The van der Waals surface area contributed by atoms with Crippen molar-refractivity contribution in [3.8, 4) is 28.2 Å². The average Bonchev–Trinajstić information content (AvgIpc) is 3.55. The second-order valence-electron chi connectivity index (χ2n) is 8.35. The first-order chi connectivity index (χ1) is 17.4. The van der Waals surface area contributed by atoms with Crippen molar-refractivity contribution in [2.45, 2.75) is 26.3 Å². The summed E-state index contributed by atoms with van der Waals surface area (Å²) in [5, 5.41) is 3.98. The topological polar surface area (TPSA) is 53.1 Å². The fraction of sp³-hybridized carbons (Fsp3) is 0.143. The molecule has 5 rings (SSSR count). The lowest BCUT2D eigenvalue weighted by Gasteiger charge is -2.11. The lowest BCUT2D eigenvalue weighted by atomic mass is 10.0. The zero-order chi connectivity index (χ0) is 25.1. The molecule has 0 radical (unpaired) electrons. The van der Waals surface area contributed by atoms with Crippen molar-refractivity contribution < 1.29 is 22.4 Å². The van der Waals surface area contributed by atoms with Crippen molar-refractivity contribution in [3.05, 3.63) is 114 Å². The van der Waals surface area contributed by atoms with Gasteiger partial charge in [-0.3, -0.25) is 0 Å². The molecule has 8 heteroatoms. The van der Waals surface area contributed by atoms with E-state index in [9.17, 15) is 13.2 Å². The van der Waals surface area contributed by atoms with Crippen LogP contribution in [0.2, 0.25) is 0 Å². The summed E-state index contributed by atoms with van der Waals surface area (Å²) in [5.41, 5.74) is 5.10. The van der Waals surface area contributed by atoms with Gasteiger partial charge in [-0.05, 0) is 48.4 Å². The van der Waals surface area contributed by atoms with Gasteiger partial charge in [0.2, 0.25) is 0 Å². The Morgan fingerprint density at radius 3 is 2.33 bits per heavy atom. The summed E-state index contributed by atoms with van der Waals surface area (Å²) in [4.78, 5) is 4.79. The van der Waals surface area contributed by atoms with Gasteiger partial charge in [0.05, 0.1) is 17.9 Å². The molecule has 0 fully saturated rings. The molecular weight excluding hydrogens is 467 g/mol. The van der Waals surface area contributed by atoms with E-state index >= 15 is 0 Å². The van der Waals surface area contributed by atoms with Crippen LogP contribution < -0.4 is 0 Å². The molecule has 0 spiro atoms. The lowest BCUT2D eigenvalue weighted by Crippen LogP contribution is -2.06. The second-order valence-corrected chi connectivity index (χ2v) is 8.35. The number of benzene rings is 3. The number of hydrogen-bond acceptors (Lipinski definition) is 4. The standard InChI is InChI=1S/C28H22F3N3O2/c1-19-15-21(25-13-14-36-33-25)7-12-24(19)26-16-34(23-10-8-22(9-11-23)28(29,30)31)27(32-26)18-35-17-20-5-3-2-4-6-20/h2-16H,17-18H2,1H3. The van der Waals surface area contributed by atoms with Gasteiger partial charge >= 0.3 is 6.18 Å². The van der Waals surface area contributed by atoms with Crippen molar-refractivity contribution in [2.24, 2.45) is 0 Å². The molecule has 0 unspecified atom stereocenters. The number of aryl methyl sites for hydroxylation is 1. The SMILES string of the molecule is Cc1cc(-c2ccon2)ccc1-c1cn(-c2ccc(C(F)(F)F)cc2)c(COCc2ccccc2)n1. The fourth-order valence-electron chi connectivity index (χ4n) is 3.99. The summed E-state index contributed by atoms with van der Waals surface area (Å²) in [6.45, 7) is 2.55. The van der Waals surface area contributed by atoms with Gasteiger partial charge in [-0.25, -0.2) is 4.98 Å². The number of aromatic nitrogens is 3. The first-order valence-corrected chi connectivity index (χ1v) is 11.3. The van der Waals surface area contributed by atoms with Crippen LogP contribution in [0.1, 0.15) is 22.5 Å². The van der Waals surface area contributed by atoms with Crippen LogP contribution in [0.5, 0.6) is 0 Å². The number of ether oxygens (including phenoxy) is 1. The molecule has 0 N–H and O–H groups in total. The molecule has 2 heterocycles. The summed E-state index contributed by atoms with van der Waals surface area (Å²) in [6.07, 6.45) is -1.06. The van der Waals surface area contributed by atoms with E-state index < -0.39 is 11.7 Å². The Morgan fingerprint density at radius 1 is 0.889 bits per heavy atom. The molecule has 36 heavy (non-hydrogen) atoms. The van der Waals surface area contributed by atoms with Gasteiger partial charge in [-0.1, -0.05) is 47.6 Å². The van der Waals surface area contributed by atoms with Crippen LogP contribution in [-0.2, 0) is 24.1 Å². The molecule has 0 saturated carbocycles.